The van der Waals surface area contributed by atoms with E-state index in [9.17, 15) is 19.2 Å². The van der Waals surface area contributed by atoms with Crippen LogP contribution in [0.3, 0.4) is 0 Å². The number of azide groups is 1. The van der Waals surface area contributed by atoms with Crippen LogP contribution in [0, 0.1) is 0 Å². The first-order valence-corrected chi connectivity index (χ1v) is 11.0. The first-order chi connectivity index (χ1) is 16.6. The first-order valence-electron chi connectivity index (χ1n) is 10.2. The Morgan fingerprint density at radius 1 is 1.26 bits per heavy atom. The van der Waals surface area contributed by atoms with Gasteiger partial charge in [0.25, 0.3) is 5.91 Å². The number of halogens is 1. The molecule has 35 heavy (non-hydrogen) atoms. The molecular weight excluding hydrogens is 522 g/mol. The minimum atomic E-state index is -0.865. The number of amides is 4. The Balaban J connectivity index is 1.85. The molecule has 0 aliphatic heterocycles. The van der Waals surface area contributed by atoms with Gasteiger partial charge in [-0.1, -0.05) is 6.07 Å². The van der Waals surface area contributed by atoms with Gasteiger partial charge in [-0.2, -0.15) is 5.10 Å². The van der Waals surface area contributed by atoms with Gasteiger partial charge < -0.3 is 16.0 Å². The molecule has 3 rings (SSSR count). The van der Waals surface area contributed by atoms with Crippen LogP contribution >= 0.6 is 15.9 Å². The van der Waals surface area contributed by atoms with Crippen molar-refractivity contribution in [3.05, 3.63) is 62.7 Å². The third kappa shape index (κ3) is 5.99. The highest BCUT2D eigenvalue weighted by Gasteiger charge is 2.24. The predicted octanol–water partition coefficient (Wildman–Crippen LogP) is 2.62. The van der Waals surface area contributed by atoms with Crippen molar-refractivity contribution in [2.24, 2.45) is 10.8 Å². The summed E-state index contributed by atoms with van der Waals surface area (Å²) in [4.78, 5) is 57.4. The van der Waals surface area contributed by atoms with E-state index in [1.165, 1.54) is 27.8 Å². The van der Waals surface area contributed by atoms with Crippen molar-refractivity contribution >= 4 is 56.3 Å². The molecule has 0 aliphatic rings. The van der Waals surface area contributed by atoms with Gasteiger partial charge in [-0.05, 0) is 70.8 Å². The number of hydrogen-bond acceptors (Lipinski definition) is 6. The van der Waals surface area contributed by atoms with Gasteiger partial charge in [-0.3, -0.25) is 23.9 Å². The molecule has 0 spiro atoms. The molecule has 0 saturated heterocycles. The minimum Gasteiger partial charge on any atom is -0.364 e. The third-order valence-electron chi connectivity index (χ3n) is 4.89. The quantitative estimate of drug-likeness (QED) is 0.190. The maximum atomic E-state index is 13.1. The number of primary amides is 1. The fourth-order valence-corrected chi connectivity index (χ4v) is 3.65. The maximum Gasteiger partial charge on any atom is 0.269 e. The molecule has 0 fully saturated rings. The molecular formula is C21H20BrN9O4. The zero-order chi connectivity index (χ0) is 25.7. The van der Waals surface area contributed by atoms with Crippen LogP contribution in [-0.2, 0) is 16.1 Å². The van der Waals surface area contributed by atoms with Crippen LogP contribution in [0.1, 0.15) is 34.7 Å². The average molecular weight is 542 g/mol. The van der Waals surface area contributed by atoms with E-state index in [4.69, 9.17) is 11.3 Å². The van der Waals surface area contributed by atoms with Gasteiger partial charge in [0.05, 0.1) is 5.52 Å². The standard InChI is InChI=1S/C21H20BrN9O4/c1-11(2)30(9-17(32)26-16-5-3-4-15(22)25-16)18(33)10-31-14-7-6-12(21(35)27-29-24)8-13(14)19(28-31)20(23)34/h3-8,11H,9-10H2,1-2H3,(H2,23,34)(H,25,26,32). The second kappa shape index (κ2) is 10.8. The molecule has 2 heterocycles. The van der Waals surface area contributed by atoms with E-state index in [1.54, 1.807) is 32.0 Å². The molecule has 0 aliphatic carbocycles. The Bertz CT molecular complexity index is 1380. The van der Waals surface area contributed by atoms with Crippen molar-refractivity contribution in [3.63, 3.8) is 0 Å². The molecule has 0 atom stereocenters. The van der Waals surface area contributed by atoms with Crippen molar-refractivity contribution in [3.8, 4) is 0 Å². The Morgan fingerprint density at radius 3 is 2.63 bits per heavy atom. The molecule has 3 N–H and O–H groups in total. The number of nitrogens with zero attached hydrogens (tertiary/aromatic N) is 7. The average Bonchev–Trinajstić information content (AvgIpc) is 3.15. The monoisotopic (exact) mass is 541 g/mol. The van der Waals surface area contributed by atoms with Crippen LogP contribution in [-0.4, -0.2) is 55.9 Å². The normalized spacial score (nSPS) is 10.6. The summed E-state index contributed by atoms with van der Waals surface area (Å²) in [6, 6.07) is 8.88. The topological polar surface area (TPSA) is 189 Å². The molecule has 14 heteroatoms. The largest absolute Gasteiger partial charge is 0.364 e. The lowest BCUT2D eigenvalue weighted by Gasteiger charge is -2.26. The summed E-state index contributed by atoms with van der Waals surface area (Å²) in [5.41, 5.74) is 14.1. The number of carbonyl (C=O) groups excluding carboxylic acids is 4. The van der Waals surface area contributed by atoms with E-state index < -0.39 is 23.6 Å². The predicted molar refractivity (Wildman–Crippen MR) is 129 cm³/mol. The molecule has 0 radical (unpaired) electrons. The molecule has 0 bridgehead atoms. The highest BCUT2D eigenvalue weighted by atomic mass is 79.9. The summed E-state index contributed by atoms with van der Waals surface area (Å²) in [6.07, 6.45) is 0. The fourth-order valence-electron chi connectivity index (χ4n) is 3.31. The zero-order valence-corrected chi connectivity index (χ0v) is 20.3. The Morgan fingerprint density at radius 2 is 2.00 bits per heavy atom. The number of anilines is 1. The lowest BCUT2D eigenvalue weighted by Crippen LogP contribution is -2.44. The fraction of sp³-hybridized carbons (Fsp3) is 0.238. The highest BCUT2D eigenvalue weighted by Crippen LogP contribution is 2.21. The van der Waals surface area contributed by atoms with Gasteiger partial charge in [0.15, 0.2) is 5.69 Å². The number of benzene rings is 1. The number of rotatable bonds is 8. The minimum absolute atomic E-state index is 0.0327. The van der Waals surface area contributed by atoms with Crippen molar-refractivity contribution < 1.29 is 19.2 Å². The number of carbonyl (C=O) groups is 4. The highest BCUT2D eigenvalue weighted by molar-refractivity contribution is 9.10. The Labute approximate surface area is 207 Å². The van der Waals surface area contributed by atoms with E-state index in [0.717, 1.165) is 0 Å². The molecule has 0 saturated carbocycles. The smallest absolute Gasteiger partial charge is 0.269 e. The lowest BCUT2D eigenvalue weighted by atomic mass is 10.1. The van der Waals surface area contributed by atoms with E-state index in [-0.39, 0.29) is 35.8 Å². The van der Waals surface area contributed by atoms with Gasteiger partial charge >= 0.3 is 0 Å². The van der Waals surface area contributed by atoms with Gasteiger partial charge in [0, 0.05) is 21.9 Å². The van der Waals surface area contributed by atoms with Gasteiger partial charge in [-0.25, -0.2) is 4.98 Å². The lowest BCUT2D eigenvalue weighted by molar-refractivity contribution is -0.137. The number of aromatic nitrogens is 3. The van der Waals surface area contributed by atoms with Crippen LogP contribution in [0.15, 0.2) is 46.1 Å². The van der Waals surface area contributed by atoms with E-state index in [0.29, 0.717) is 15.9 Å². The van der Waals surface area contributed by atoms with Crippen molar-refractivity contribution in [2.75, 3.05) is 11.9 Å². The molecule has 4 amide bonds. The molecule has 0 unspecified atom stereocenters. The van der Waals surface area contributed by atoms with E-state index in [1.807, 2.05) is 0 Å². The van der Waals surface area contributed by atoms with E-state index >= 15 is 0 Å². The van der Waals surface area contributed by atoms with Gasteiger partial charge in [0.2, 0.25) is 17.7 Å². The molecule has 180 valence electrons. The summed E-state index contributed by atoms with van der Waals surface area (Å²) in [5, 5.41) is 10.0. The Hall–Kier alpha value is -4.29. The second-order valence-electron chi connectivity index (χ2n) is 7.61. The van der Waals surface area contributed by atoms with Gasteiger partial charge in [0.1, 0.15) is 23.5 Å². The summed E-state index contributed by atoms with van der Waals surface area (Å²) < 4.78 is 1.81. The van der Waals surface area contributed by atoms with Crippen LogP contribution in [0.4, 0.5) is 5.82 Å². The second-order valence-corrected chi connectivity index (χ2v) is 8.42. The molecule has 2 aromatic heterocycles. The SMILES string of the molecule is CC(C)N(CC(=O)Nc1cccc(Br)n1)C(=O)Cn1nc(C(N)=O)c2cc(C(=O)N=[N+]=[N-])ccc21. The zero-order valence-electron chi connectivity index (χ0n) is 18.7. The number of hydrogen-bond donors (Lipinski definition) is 2. The van der Waals surface area contributed by atoms with Crippen LogP contribution < -0.4 is 11.1 Å². The van der Waals surface area contributed by atoms with Gasteiger partial charge in [-0.15, -0.1) is 0 Å². The van der Waals surface area contributed by atoms with Crippen LogP contribution in [0.25, 0.3) is 21.3 Å². The summed E-state index contributed by atoms with van der Waals surface area (Å²) >= 11 is 3.23. The first kappa shape index (κ1) is 25.3. The summed E-state index contributed by atoms with van der Waals surface area (Å²) in [6.45, 7) is 2.98. The number of pyridine rings is 1. The number of nitrogens with two attached hydrogens (primary N) is 1. The van der Waals surface area contributed by atoms with Crippen molar-refractivity contribution in [2.45, 2.75) is 26.4 Å². The maximum absolute atomic E-state index is 13.1. The van der Waals surface area contributed by atoms with Crippen LogP contribution in [0.5, 0.6) is 0 Å². The van der Waals surface area contributed by atoms with Crippen LogP contribution in [0.2, 0.25) is 0 Å². The summed E-state index contributed by atoms with van der Waals surface area (Å²) in [7, 11) is 0. The molecule has 13 nitrogen and oxygen atoms in total. The number of fused-ring (bicyclic) bond motifs is 1. The third-order valence-corrected chi connectivity index (χ3v) is 5.33. The molecule has 3 aromatic rings. The van der Waals surface area contributed by atoms with Crippen molar-refractivity contribution in [1.29, 1.82) is 0 Å². The number of nitrogens with one attached hydrogen (secondary N) is 1. The molecule has 1 aromatic carbocycles. The van der Waals surface area contributed by atoms with E-state index in [2.05, 4.69) is 41.4 Å². The summed E-state index contributed by atoms with van der Waals surface area (Å²) in [5.74, 6) is -2.26. The Kier molecular flexibility index (Phi) is 7.79. The van der Waals surface area contributed by atoms with Crippen molar-refractivity contribution in [1.82, 2.24) is 19.7 Å².